The largest absolute Gasteiger partial charge is 0.380 e. The number of hydrogen-bond donors (Lipinski definition) is 1. The van der Waals surface area contributed by atoms with Gasteiger partial charge in [0.05, 0.1) is 6.10 Å². The molecule has 0 aromatic carbocycles. The van der Waals surface area contributed by atoms with Crippen molar-refractivity contribution in [1.29, 1.82) is 0 Å². The summed E-state index contributed by atoms with van der Waals surface area (Å²) in [7, 11) is 3.97. The molecule has 0 aromatic heterocycles. The molecule has 3 heteroatoms. The Bertz CT molecular complexity index is 200. The van der Waals surface area contributed by atoms with E-state index in [2.05, 4.69) is 25.8 Å². The Kier molecular flexibility index (Phi) is 5.22. The van der Waals surface area contributed by atoms with Crippen molar-refractivity contribution in [2.75, 3.05) is 27.2 Å². The Labute approximate surface area is 100 Å². The molecule has 1 rings (SSSR count). The Morgan fingerprint density at radius 1 is 1.44 bits per heavy atom. The third-order valence-electron chi connectivity index (χ3n) is 4.33. The van der Waals surface area contributed by atoms with Crippen molar-refractivity contribution in [2.45, 2.75) is 51.2 Å². The van der Waals surface area contributed by atoms with E-state index in [0.717, 1.165) is 19.0 Å². The average molecular weight is 228 g/mol. The zero-order chi connectivity index (χ0) is 12.2. The lowest BCUT2D eigenvalue weighted by atomic mass is 9.76. The maximum atomic E-state index is 6.02. The monoisotopic (exact) mass is 228 g/mol. The molecule has 1 atom stereocenters. The third kappa shape index (κ3) is 3.19. The molecule has 1 aliphatic carbocycles. The lowest BCUT2D eigenvalue weighted by Gasteiger charge is -2.46. The number of rotatable bonds is 5. The fraction of sp³-hybridized carbons (Fsp3) is 1.00. The zero-order valence-electron chi connectivity index (χ0n) is 11.3. The van der Waals surface area contributed by atoms with E-state index in [9.17, 15) is 0 Å². The molecule has 0 radical (unpaired) electrons. The Hall–Kier alpha value is -0.120. The second kappa shape index (κ2) is 5.99. The van der Waals surface area contributed by atoms with E-state index in [1.165, 1.54) is 25.7 Å². The number of hydrogen-bond acceptors (Lipinski definition) is 3. The van der Waals surface area contributed by atoms with Gasteiger partial charge in [-0.2, -0.15) is 0 Å². The first-order chi connectivity index (χ1) is 7.54. The van der Waals surface area contributed by atoms with E-state index in [4.69, 9.17) is 10.5 Å². The first kappa shape index (κ1) is 13.9. The van der Waals surface area contributed by atoms with Gasteiger partial charge < -0.3 is 10.5 Å². The summed E-state index contributed by atoms with van der Waals surface area (Å²) in [5.41, 5.74) is 6.24. The molecule has 3 nitrogen and oxygen atoms in total. The fourth-order valence-corrected chi connectivity index (χ4v) is 2.70. The minimum absolute atomic E-state index is 0.222. The predicted octanol–water partition coefficient (Wildman–Crippen LogP) is 1.86. The van der Waals surface area contributed by atoms with E-state index < -0.39 is 0 Å². The number of nitrogens with two attached hydrogens (primary N) is 1. The molecule has 0 amide bonds. The molecular weight excluding hydrogens is 200 g/mol. The number of nitrogens with zero attached hydrogens (tertiary/aromatic N) is 1. The minimum atomic E-state index is 0.222. The molecule has 0 heterocycles. The molecule has 0 bridgehead atoms. The summed E-state index contributed by atoms with van der Waals surface area (Å²) in [6.07, 6.45) is 5.37. The first-order valence-electron chi connectivity index (χ1n) is 6.48. The summed E-state index contributed by atoms with van der Waals surface area (Å²) in [6, 6.07) is 0. The standard InChI is InChI=1S/C13H28N2O/c1-11-5-7-13(10-14,8-6-11)15(3)9-12(2)16-4/h11-12H,5-10,14H2,1-4H3. The normalized spacial score (nSPS) is 33.0. The molecule has 0 aliphatic heterocycles. The van der Waals surface area contributed by atoms with Crippen LogP contribution in [-0.4, -0.2) is 43.8 Å². The number of likely N-dealkylation sites (N-methyl/N-ethyl adjacent to an activating group) is 1. The van der Waals surface area contributed by atoms with Gasteiger partial charge in [0.1, 0.15) is 0 Å². The Morgan fingerprint density at radius 2 is 2.00 bits per heavy atom. The van der Waals surface area contributed by atoms with Crippen LogP contribution in [0.5, 0.6) is 0 Å². The van der Waals surface area contributed by atoms with Gasteiger partial charge in [-0.1, -0.05) is 6.92 Å². The zero-order valence-corrected chi connectivity index (χ0v) is 11.3. The average Bonchev–Trinajstić information content (AvgIpc) is 2.30. The summed E-state index contributed by atoms with van der Waals surface area (Å²) in [5, 5.41) is 0. The van der Waals surface area contributed by atoms with Crippen LogP contribution in [0.1, 0.15) is 39.5 Å². The maximum absolute atomic E-state index is 6.02. The van der Waals surface area contributed by atoms with Crippen molar-refractivity contribution in [2.24, 2.45) is 11.7 Å². The second-order valence-electron chi connectivity index (χ2n) is 5.54. The lowest BCUT2D eigenvalue weighted by Crippen LogP contribution is -2.55. The van der Waals surface area contributed by atoms with E-state index >= 15 is 0 Å². The molecule has 0 saturated heterocycles. The maximum Gasteiger partial charge on any atom is 0.0670 e. The van der Waals surface area contributed by atoms with Gasteiger partial charge in [0, 0.05) is 25.7 Å². The summed E-state index contributed by atoms with van der Waals surface area (Å²) in [6.45, 7) is 6.21. The molecule has 1 aliphatic rings. The number of methoxy groups -OCH3 is 1. The van der Waals surface area contributed by atoms with E-state index in [0.29, 0.717) is 0 Å². The Balaban J connectivity index is 2.57. The van der Waals surface area contributed by atoms with Gasteiger partial charge >= 0.3 is 0 Å². The van der Waals surface area contributed by atoms with Gasteiger partial charge in [0.25, 0.3) is 0 Å². The molecule has 1 unspecified atom stereocenters. The van der Waals surface area contributed by atoms with E-state index in [-0.39, 0.29) is 11.6 Å². The van der Waals surface area contributed by atoms with E-state index in [1.54, 1.807) is 7.11 Å². The molecule has 1 saturated carbocycles. The van der Waals surface area contributed by atoms with Crippen LogP contribution >= 0.6 is 0 Å². The van der Waals surface area contributed by atoms with Crippen LogP contribution in [0, 0.1) is 5.92 Å². The first-order valence-corrected chi connectivity index (χ1v) is 6.48. The molecular formula is C13H28N2O. The van der Waals surface area contributed by atoms with Gasteiger partial charge in [-0.15, -0.1) is 0 Å². The highest BCUT2D eigenvalue weighted by Gasteiger charge is 2.36. The van der Waals surface area contributed by atoms with E-state index in [1.807, 2.05) is 0 Å². The lowest BCUT2D eigenvalue weighted by molar-refractivity contribution is 0.0151. The van der Waals surface area contributed by atoms with Crippen molar-refractivity contribution in [3.8, 4) is 0 Å². The van der Waals surface area contributed by atoms with Gasteiger partial charge in [-0.25, -0.2) is 0 Å². The van der Waals surface area contributed by atoms with Gasteiger partial charge in [-0.3, -0.25) is 4.90 Å². The van der Waals surface area contributed by atoms with Crippen LogP contribution in [0.15, 0.2) is 0 Å². The number of ether oxygens (including phenoxy) is 1. The van der Waals surface area contributed by atoms with Crippen molar-refractivity contribution in [3.63, 3.8) is 0 Å². The SMILES string of the molecule is COC(C)CN(C)C1(CN)CCC(C)CC1. The van der Waals surface area contributed by atoms with Crippen LogP contribution in [-0.2, 0) is 4.74 Å². The van der Waals surface area contributed by atoms with Crippen molar-refractivity contribution in [3.05, 3.63) is 0 Å². The van der Waals surface area contributed by atoms with Crippen molar-refractivity contribution < 1.29 is 4.74 Å². The Morgan fingerprint density at radius 3 is 2.44 bits per heavy atom. The molecule has 1 fully saturated rings. The highest BCUT2D eigenvalue weighted by atomic mass is 16.5. The quantitative estimate of drug-likeness (QED) is 0.780. The summed E-state index contributed by atoms with van der Waals surface area (Å²) in [5.74, 6) is 0.868. The van der Waals surface area contributed by atoms with Gasteiger partial charge in [0.2, 0.25) is 0 Å². The summed E-state index contributed by atoms with van der Waals surface area (Å²) in [4.78, 5) is 2.42. The van der Waals surface area contributed by atoms with Gasteiger partial charge in [0.15, 0.2) is 0 Å². The van der Waals surface area contributed by atoms with Crippen LogP contribution in [0.4, 0.5) is 0 Å². The molecule has 16 heavy (non-hydrogen) atoms. The molecule has 96 valence electrons. The molecule has 2 N–H and O–H groups in total. The van der Waals surface area contributed by atoms with Crippen molar-refractivity contribution >= 4 is 0 Å². The van der Waals surface area contributed by atoms with Crippen LogP contribution in [0.3, 0.4) is 0 Å². The minimum Gasteiger partial charge on any atom is -0.380 e. The van der Waals surface area contributed by atoms with Crippen LogP contribution in [0.25, 0.3) is 0 Å². The van der Waals surface area contributed by atoms with Gasteiger partial charge in [-0.05, 0) is 45.6 Å². The van der Waals surface area contributed by atoms with Crippen LogP contribution < -0.4 is 5.73 Å². The molecule has 0 spiro atoms. The fourth-order valence-electron chi connectivity index (χ4n) is 2.70. The highest BCUT2D eigenvalue weighted by molar-refractivity contribution is 4.94. The topological polar surface area (TPSA) is 38.5 Å². The van der Waals surface area contributed by atoms with Crippen LogP contribution in [0.2, 0.25) is 0 Å². The third-order valence-corrected chi connectivity index (χ3v) is 4.33. The highest BCUT2D eigenvalue weighted by Crippen LogP contribution is 2.35. The van der Waals surface area contributed by atoms with Crippen molar-refractivity contribution in [1.82, 2.24) is 4.90 Å². The predicted molar refractivity (Wildman–Crippen MR) is 68.5 cm³/mol. The summed E-state index contributed by atoms with van der Waals surface area (Å²) >= 11 is 0. The summed E-state index contributed by atoms with van der Waals surface area (Å²) < 4.78 is 5.34. The second-order valence-corrected chi connectivity index (χ2v) is 5.54. The molecule has 0 aromatic rings. The smallest absolute Gasteiger partial charge is 0.0670 e.